The zero-order chi connectivity index (χ0) is 86.7. The minimum Gasteiger partial charge on any atom is -0.434 e. The minimum atomic E-state index is -4.25. The number of nitrogens with zero attached hydrogens (tertiary/aromatic N) is 1. The molecule has 114 heavy (non-hydrogen) atoms. The van der Waals surface area contributed by atoms with Gasteiger partial charge in [-0.1, -0.05) is 170 Å². The van der Waals surface area contributed by atoms with E-state index < -0.39 is 185 Å². The molecule has 4 fully saturated rings. The molecular weight excluding hydrogens is 1600 g/mol. The summed E-state index contributed by atoms with van der Waals surface area (Å²) in [6.45, 7) is 65.4. The number of nitro benzene ring substituents is 1. The van der Waals surface area contributed by atoms with Crippen LogP contribution in [0.2, 0.25) is 71.0 Å². The number of nitro groups is 1. The van der Waals surface area contributed by atoms with Gasteiger partial charge in [-0.25, -0.2) is 4.79 Å². The number of ketones is 1. The summed E-state index contributed by atoms with van der Waals surface area (Å²) in [5.41, 5.74) is 0.660. The van der Waals surface area contributed by atoms with Gasteiger partial charge in [-0.05, 0) is 137 Å². The van der Waals surface area contributed by atoms with Crippen LogP contribution < -0.4 is 0 Å². The first-order valence-corrected chi connectivity index (χ1v) is 62.2. The molecule has 4 aliphatic heterocycles. The second-order valence-corrected chi connectivity index (χ2v) is 69.2. The number of benzene rings is 1. The van der Waals surface area contributed by atoms with Gasteiger partial charge in [0.15, 0.2) is 36.8 Å². The van der Waals surface area contributed by atoms with Crippen molar-refractivity contribution in [3.63, 3.8) is 0 Å². The number of carbonyl (C=O) groups is 2. The van der Waals surface area contributed by atoms with E-state index in [2.05, 4.69) is 164 Å². The maximum absolute atomic E-state index is 15.4. The van der Waals surface area contributed by atoms with E-state index in [-0.39, 0.29) is 73.7 Å². The average Bonchev–Trinajstić information content (AvgIpc) is 1.40. The summed E-state index contributed by atoms with van der Waals surface area (Å²) in [5.74, 6) is -0.840. The molecule has 5 rings (SSSR count). The molecule has 1 aromatic carbocycles. The number of hydrogen-bond acceptors (Lipinski definition) is 23. The van der Waals surface area contributed by atoms with Gasteiger partial charge in [0.2, 0.25) is 8.32 Å². The van der Waals surface area contributed by atoms with E-state index in [9.17, 15) is 24.3 Å². The Bertz CT molecular complexity index is 3320. The molecule has 0 bridgehead atoms. The molecule has 0 saturated carbocycles. The summed E-state index contributed by atoms with van der Waals surface area (Å²) < 4.78 is 151. The van der Waals surface area contributed by atoms with Crippen LogP contribution in [-0.4, -0.2) is 219 Å². The van der Waals surface area contributed by atoms with Crippen molar-refractivity contribution in [2.24, 2.45) is 0 Å². The fourth-order valence-corrected chi connectivity index (χ4v) is 34.3. The summed E-state index contributed by atoms with van der Waals surface area (Å²) >= 11 is 0. The van der Waals surface area contributed by atoms with Crippen LogP contribution in [0.4, 0.5) is 10.5 Å². The van der Waals surface area contributed by atoms with Gasteiger partial charge in [-0.15, -0.1) is 0 Å². The molecule has 664 valence electrons. The minimum absolute atomic E-state index is 0.113. The van der Waals surface area contributed by atoms with Crippen molar-refractivity contribution in [1.29, 1.82) is 0 Å². The molecule has 0 N–H and O–H groups in total. The highest BCUT2D eigenvalue weighted by molar-refractivity contribution is 7.75. The maximum Gasteiger partial charge on any atom is 0.508 e. The topological polar surface area (TPSA) is 276 Å². The Morgan fingerprint density at radius 3 is 1.17 bits per heavy atom. The van der Waals surface area contributed by atoms with E-state index >= 15 is 9.13 Å². The van der Waals surface area contributed by atoms with Gasteiger partial charge in [0.05, 0.1) is 79.9 Å². The predicted octanol–water partition coefficient (Wildman–Crippen LogP) is 23.0. The summed E-state index contributed by atoms with van der Waals surface area (Å²) in [6.07, 6.45) is 1.02. The molecule has 32 heteroatoms. The smallest absolute Gasteiger partial charge is 0.434 e. The van der Waals surface area contributed by atoms with E-state index in [0.29, 0.717) is 12.8 Å². The quantitative estimate of drug-likeness (QED) is 0.0111. The summed E-state index contributed by atoms with van der Waals surface area (Å²) in [6, 6.07) is 4.56. The van der Waals surface area contributed by atoms with Crippen molar-refractivity contribution in [2.45, 2.75) is 405 Å². The molecule has 24 nitrogen and oxygen atoms in total. The van der Waals surface area contributed by atoms with Crippen molar-refractivity contribution >= 4 is 80.9 Å². The third kappa shape index (κ3) is 27.7. The van der Waals surface area contributed by atoms with Crippen LogP contribution in [-0.2, 0) is 87.0 Å². The lowest BCUT2D eigenvalue weighted by molar-refractivity contribution is -0.385. The molecule has 0 aliphatic carbocycles. The van der Waals surface area contributed by atoms with Crippen LogP contribution in [0, 0.1) is 10.1 Å². The molecule has 1 aromatic rings. The van der Waals surface area contributed by atoms with E-state index in [1.807, 2.05) is 34.6 Å². The fourth-order valence-electron chi connectivity index (χ4n) is 15.9. The van der Waals surface area contributed by atoms with Crippen LogP contribution in [0.5, 0.6) is 0 Å². The fraction of sp³-hybridized carbons (Fsp3) is 0.902. The van der Waals surface area contributed by atoms with E-state index in [0.717, 1.165) is 12.8 Å². The van der Waals surface area contributed by atoms with Crippen LogP contribution in [0.25, 0.3) is 0 Å². The Labute approximate surface area is 693 Å². The third-order valence-electron chi connectivity index (χ3n) is 25.7. The lowest BCUT2D eigenvalue weighted by Crippen LogP contribution is -2.54. The van der Waals surface area contributed by atoms with Gasteiger partial charge >= 0.3 is 28.9 Å². The molecule has 0 spiro atoms. The van der Waals surface area contributed by atoms with E-state index in [4.69, 9.17) is 73.3 Å². The number of carbonyl (C=O) groups excluding carboxylic acids is 2. The molecule has 20 atom stereocenters. The van der Waals surface area contributed by atoms with Crippen molar-refractivity contribution in [3.8, 4) is 0 Å². The highest BCUT2D eigenvalue weighted by Gasteiger charge is 2.58. The molecule has 4 saturated heterocycles. The zero-order valence-electron chi connectivity index (χ0n) is 76.6. The highest BCUT2D eigenvalue weighted by Crippen LogP contribution is 2.62. The van der Waals surface area contributed by atoms with Crippen molar-refractivity contribution in [1.82, 2.24) is 0 Å². The molecular formula is C82H158NO23P4Si4+. The normalized spacial score (nSPS) is 28.3. The Hall–Kier alpha value is -1.01. The summed E-state index contributed by atoms with van der Waals surface area (Å²) in [4.78, 5) is 40.4. The number of ether oxygens (including phenoxy) is 6. The number of rotatable bonds is 47. The average molecular weight is 1760 g/mol. The Kier molecular flexibility index (Phi) is 38.7. The number of hydrogen-bond donors (Lipinski definition) is 0. The largest absolute Gasteiger partial charge is 0.508 e. The molecule has 4 heterocycles. The van der Waals surface area contributed by atoms with Gasteiger partial charge in [0.1, 0.15) is 67.6 Å². The van der Waals surface area contributed by atoms with Crippen LogP contribution in [0.1, 0.15) is 252 Å². The van der Waals surface area contributed by atoms with Gasteiger partial charge in [0, 0.05) is 56.8 Å². The number of Topliss-reactive ketones (excluding diaryl/α,β-unsaturated/α-hetero) is 1. The number of unbranched alkanes of at least 4 members (excludes halogenated alkanes) is 4. The predicted molar refractivity (Wildman–Crippen MR) is 470 cm³/mol. The zero-order valence-corrected chi connectivity index (χ0v) is 84.2. The lowest BCUT2D eigenvalue weighted by Gasteiger charge is -2.45. The molecule has 0 aromatic heterocycles. The van der Waals surface area contributed by atoms with Crippen LogP contribution in [0.15, 0.2) is 18.2 Å². The molecule has 0 amide bonds. The first-order chi connectivity index (χ1) is 52.3. The second-order valence-electron chi connectivity index (χ2n) is 39.0. The second kappa shape index (κ2) is 42.6. The Balaban J connectivity index is 1.40. The first kappa shape index (κ1) is 104. The molecule has 8 unspecified atom stereocenters. The maximum atomic E-state index is 15.4. The SMILES string of the molecule is CCCC[P+](CCCC)(CCCC)CCCCC(=O)c1ccc(C(C)COC(=O)O[C@@H]2C(O[Si](C(C)C)(C(C)C)C(C)C)[C@H](C)O[C@@H]2COP(C)(=O)O[C@@H]2C(O[Si](C)(C)C(C)(C)C)[C@H](C)O[C@@H]2COP(C)(=O)O[C@@H]2C(O[Si](C)(C)C(C)(C)C)[C@H](C)O[C@@H]2COP(C)(=O)O[C@@H]2C(O[Si](C)(C)C(C)(C)C)[C@H](C)O[C@@H]2CC)c([N+](=O)[O-])c1. The third-order valence-corrected chi connectivity index (χ3v) is 54.0. The van der Waals surface area contributed by atoms with Crippen molar-refractivity contribution in [2.75, 3.05) is 71.1 Å². The van der Waals surface area contributed by atoms with E-state index in [1.165, 1.54) is 89.2 Å². The Morgan fingerprint density at radius 2 is 0.833 bits per heavy atom. The van der Waals surface area contributed by atoms with Gasteiger partial charge in [0.25, 0.3) is 5.69 Å². The van der Waals surface area contributed by atoms with Crippen LogP contribution in [0.3, 0.4) is 0 Å². The Morgan fingerprint density at radius 1 is 0.500 bits per heavy atom. The van der Waals surface area contributed by atoms with Gasteiger partial charge in [-0.3, -0.25) is 42.2 Å². The lowest BCUT2D eigenvalue weighted by atomic mass is 9.96. The monoisotopic (exact) mass is 1760 g/mol. The first-order valence-electron chi connectivity index (χ1n) is 42.9. The van der Waals surface area contributed by atoms with E-state index in [1.54, 1.807) is 19.1 Å². The standard InChI is InChI=1S/C82H158NO23P4Si4/c1-34-38-46-110(47-39-35-2,48-40-36-3)49-42-41-43-66(84)63-44-45-64(65(50-63)83(86)87)58(11)51-91-79(85)99-75-68(96-59(12)71(75)106-114(55(5)6,56(7)8)57(9)10)52-92-108(26,89)101-77-70(98-61(14)73(77)104-112(30,31)81(19,20)21)54-94-109(27,90)102-78-69(97-62(15)74(78)105-113(32,33)82(22,23)24)53-93-107(25,88)100-76-67(37-4)95-60(13)72(76)103-111(28,29)80(16,17)18/h44-45,50,55-62,67-78H,34-43,46-49,51-54H2,1-33H3/q+1/t58?,59-,60-,61-,62-,67+,68+,69+,70+,71?,72?,73?,74?,75-,76-,77-,78-,107?,108?,109?/m0/s1. The summed E-state index contributed by atoms with van der Waals surface area (Å²) in [7, 11) is -23.9. The van der Waals surface area contributed by atoms with Crippen molar-refractivity contribution in [3.05, 3.63) is 39.4 Å². The highest BCUT2D eigenvalue weighted by atomic mass is 31.2. The van der Waals surface area contributed by atoms with Gasteiger partial charge in [-0.2, -0.15) is 0 Å². The van der Waals surface area contributed by atoms with Gasteiger partial charge < -0.3 is 59.7 Å². The van der Waals surface area contributed by atoms with Crippen LogP contribution >= 0.6 is 30.0 Å². The molecule has 4 aliphatic rings. The summed E-state index contributed by atoms with van der Waals surface area (Å²) in [5, 5.41) is 12.1. The molecule has 0 radical (unpaired) electrons. The van der Waals surface area contributed by atoms with Crippen molar-refractivity contribution < 1.29 is 101 Å².